The smallest absolute Gasteiger partial charge is 0.0438 e. The molecule has 0 radical (unpaired) electrons. The summed E-state index contributed by atoms with van der Waals surface area (Å²) in [7, 11) is 0. The number of nitrogens with zero attached hydrogens (tertiary/aromatic N) is 1. The highest BCUT2D eigenvalue weighted by Gasteiger charge is 2.40. The van der Waals surface area contributed by atoms with Crippen LogP contribution in [-0.2, 0) is 6.42 Å². The quantitative estimate of drug-likeness (QED) is 0.733. The monoisotopic (exact) mass is 228 g/mol. The molecule has 3 aliphatic rings. The zero-order chi connectivity index (χ0) is 11.2. The van der Waals surface area contributed by atoms with Crippen LogP contribution in [0.2, 0.25) is 0 Å². The highest BCUT2D eigenvalue weighted by molar-refractivity contribution is 5.67. The molecule has 2 atom stereocenters. The molecular weight excluding hydrogens is 208 g/mol. The third-order valence-electron chi connectivity index (χ3n) is 4.78. The summed E-state index contributed by atoms with van der Waals surface area (Å²) < 4.78 is 0. The predicted molar refractivity (Wildman–Crippen MR) is 70.7 cm³/mol. The Kier molecular flexibility index (Phi) is 2.19. The summed E-state index contributed by atoms with van der Waals surface area (Å²) in [4.78, 5) is 2.74. The van der Waals surface area contributed by atoms with E-state index in [2.05, 4.69) is 28.4 Å². The molecule has 1 N–H and O–H groups in total. The second kappa shape index (κ2) is 3.74. The Balaban J connectivity index is 1.87. The molecule has 1 fully saturated rings. The minimum absolute atomic E-state index is 0.747. The molecule has 1 aromatic rings. The molecule has 2 unspecified atom stereocenters. The summed E-state index contributed by atoms with van der Waals surface area (Å²) in [6, 6.07) is 7.77. The molecule has 3 aliphatic heterocycles. The first-order valence-electron chi connectivity index (χ1n) is 7.04. The van der Waals surface area contributed by atoms with Crippen molar-refractivity contribution in [3.63, 3.8) is 0 Å². The number of para-hydroxylation sites is 1. The van der Waals surface area contributed by atoms with E-state index in [0.717, 1.165) is 12.0 Å². The fourth-order valence-electron chi connectivity index (χ4n) is 4.04. The van der Waals surface area contributed by atoms with E-state index in [0.29, 0.717) is 0 Å². The van der Waals surface area contributed by atoms with Gasteiger partial charge in [0, 0.05) is 30.7 Å². The van der Waals surface area contributed by atoms with Gasteiger partial charge in [0.1, 0.15) is 0 Å². The molecule has 17 heavy (non-hydrogen) atoms. The van der Waals surface area contributed by atoms with E-state index in [-0.39, 0.29) is 0 Å². The minimum Gasteiger partial charge on any atom is -0.367 e. The molecule has 0 aromatic heterocycles. The Morgan fingerprint density at radius 1 is 1.24 bits per heavy atom. The maximum Gasteiger partial charge on any atom is 0.0438 e. The van der Waals surface area contributed by atoms with E-state index in [1.807, 2.05) is 0 Å². The van der Waals surface area contributed by atoms with Crippen molar-refractivity contribution in [1.82, 2.24) is 5.32 Å². The van der Waals surface area contributed by atoms with Crippen LogP contribution in [0, 0.1) is 0 Å². The van der Waals surface area contributed by atoms with Crippen LogP contribution in [0.5, 0.6) is 0 Å². The lowest BCUT2D eigenvalue weighted by Gasteiger charge is -2.33. The molecule has 1 aromatic carbocycles. The van der Waals surface area contributed by atoms with Gasteiger partial charge in [-0.3, -0.25) is 0 Å². The number of hydrogen-bond donors (Lipinski definition) is 1. The molecule has 2 heteroatoms. The number of nitrogens with one attached hydrogen (secondary N) is 1. The number of aryl methyl sites for hydroxylation is 1. The van der Waals surface area contributed by atoms with Gasteiger partial charge in [-0.1, -0.05) is 18.2 Å². The van der Waals surface area contributed by atoms with Gasteiger partial charge in [-0.2, -0.15) is 0 Å². The average molecular weight is 228 g/mol. The summed E-state index contributed by atoms with van der Waals surface area (Å²) in [5, 5.41) is 3.57. The Hall–Kier alpha value is -1.02. The minimum atomic E-state index is 0.747. The van der Waals surface area contributed by atoms with Crippen molar-refractivity contribution in [2.45, 2.75) is 37.6 Å². The Morgan fingerprint density at radius 3 is 3.24 bits per heavy atom. The van der Waals surface area contributed by atoms with E-state index in [4.69, 9.17) is 0 Å². The van der Waals surface area contributed by atoms with Crippen molar-refractivity contribution < 1.29 is 0 Å². The molecule has 0 spiro atoms. The normalized spacial score (nSPS) is 30.7. The van der Waals surface area contributed by atoms with E-state index >= 15 is 0 Å². The first-order chi connectivity index (χ1) is 8.45. The summed E-state index contributed by atoms with van der Waals surface area (Å²) in [6.45, 7) is 3.66. The number of benzene rings is 1. The first kappa shape index (κ1) is 9.95. The van der Waals surface area contributed by atoms with Gasteiger partial charge in [0.05, 0.1) is 0 Å². The van der Waals surface area contributed by atoms with Crippen LogP contribution in [0.1, 0.15) is 36.3 Å². The van der Waals surface area contributed by atoms with E-state index in [1.54, 1.807) is 16.8 Å². The number of piperidine rings is 1. The average Bonchev–Trinajstić information content (AvgIpc) is 2.56. The molecule has 3 heterocycles. The fourth-order valence-corrected chi connectivity index (χ4v) is 4.04. The molecule has 90 valence electrons. The van der Waals surface area contributed by atoms with E-state index < -0.39 is 0 Å². The van der Waals surface area contributed by atoms with Crippen LogP contribution in [-0.4, -0.2) is 25.7 Å². The lowest BCUT2D eigenvalue weighted by Crippen LogP contribution is -2.44. The van der Waals surface area contributed by atoms with Gasteiger partial charge >= 0.3 is 0 Å². The molecule has 2 nitrogen and oxygen atoms in total. The van der Waals surface area contributed by atoms with Crippen LogP contribution in [0.4, 0.5) is 5.69 Å². The highest BCUT2D eigenvalue weighted by atomic mass is 15.2. The molecule has 0 bridgehead atoms. The van der Waals surface area contributed by atoms with E-state index in [1.165, 1.54) is 45.3 Å². The van der Waals surface area contributed by atoms with Gasteiger partial charge in [0.2, 0.25) is 0 Å². The summed E-state index contributed by atoms with van der Waals surface area (Å²) in [6.07, 6.45) is 5.33. The van der Waals surface area contributed by atoms with Crippen molar-refractivity contribution in [3.05, 3.63) is 29.3 Å². The molecular formula is C15H20N2. The van der Waals surface area contributed by atoms with Crippen LogP contribution in [0.25, 0.3) is 0 Å². The molecule has 0 saturated carbocycles. The number of fused-ring (bicyclic) bond motifs is 3. The summed E-state index contributed by atoms with van der Waals surface area (Å²) in [5.74, 6) is 0.747. The van der Waals surface area contributed by atoms with Gasteiger partial charge in [-0.05, 0) is 43.4 Å². The second-order valence-corrected chi connectivity index (χ2v) is 5.67. The summed E-state index contributed by atoms with van der Waals surface area (Å²) in [5.41, 5.74) is 4.85. The fraction of sp³-hybridized carbons (Fsp3) is 0.600. The van der Waals surface area contributed by atoms with Gasteiger partial charge < -0.3 is 10.2 Å². The highest BCUT2D eigenvalue weighted by Crippen LogP contribution is 2.46. The maximum absolute atomic E-state index is 3.57. The zero-order valence-electron chi connectivity index (χ0n) is 10.3. The van der Waals surface area contributed by atoms with Crippen LogP contribution < -0.4 is 10.2 Å². The van der Waals surface area contributed by atoms with Gasteiger partial charge in [-0.15, -0.1) is 0 Å². The predicted octanol–water partition coefficient (Wildman–Crippen LogP) is 2.29. The van der Waals surface area contributed by atoms with Crippen LogP contribution in [0.3, 0.4) is 0 Å². The Morgan fingerprint density at radius 2 is 2.24 bits per heavy atom. The van der Waals surface area contributed by atoms with E-state index in [9.17, 15) is 0 Å². The lowest BCUT2D eigenvalue weighted by atomic mass is 9.89. The van der Waals surface area contributed by atoms with Crippen LogP contribution >= 0.6 is 0 Å². The topological polar surface area (TPSA) is 15.3 Å². The molecule has 4 rings (SSSR count). The third-order valence-corrected chi connectivity index (χ3v) is 4.78. The largest absolute Gasteiger partial charge is 0.367 e. The molecule has 0 aliphatic carbocycles. The van der Waals surface area contributed by atoms with Crippen LogP contribution in [0.15, 0.2) is 18.2 Å². The second-order valence-electron chi connectivity index (χ2n) is 5.67. The molecule has 1 saturated heterocycles. The maximum atomic E-state index is 3.57. The standard InChI is InChI=1S/C15H20N2/c1-2-9-17-14-7-8-16-10-13(14)12-6-3-5-11(4-1)15(12)17/h3,5-6,13-14,16H,1-2,4,7-10H2. The van der Waals surface area contributed by atoms with Gasteiger partial charge in [-0.25, -0.2) is 0 Å². The SMILES string of the molecule is c1cc2c3c(c1)C1CNCCC1N3CCCC2. The van der Waals surface area contributed by atoms with Crippen molar-refractivity contribution >= 4 is 5.69 Å². The zero-order valence-corrected chi connectivity index (χ0v) is 10.3. The Labute approximate surface area is 103 Å². The molecule has 0 amide bonds. The number of hydrogen-bond acceptors (Lipinski definition) is 2. The number of rotatable bonds is 0. The van der Waals surface area contributed by atoms with Gasteiger partial charge in [0.25, 0.3) is 0 Å². The Bertz CT molecular complexity index is 441. The van der Waals surface area contributed by atoms with Crippen molar-refractivity contribution in [2.24, 2.45) is 0 Å². The summed E-state index contributed by atoms with van der Waals surface area (Å²) >= 11 is 0. The lowest BCUT2D eigenvalue weighted by molar-refractivity contribution is 0.401. The number of anilines is 1. The van der Waals surface area contributed by atoms with Crippen molar-refractivity contribution in [1.29, 1.82) is 0 Å². The van der Waals surface area contributed by atoms with Crippen molar-refractivity contribution in [3.8, 4) is 0 Å². The third kappa shape index (κ3) is 1.37. The van der Waals surface area contributed by atoms with Crippen molar-refractivity contribution in [2.75, 3.05) is 24.5 Å². The van der Waals surface area contributed by atoms with Gasteiger partial charge in [0.15, 0.2) is 0 Å². The first-order valence-corrected chi connectivity index (χ1v) is 7.04.